The number of aliphatic hydroxyl groups excluding tert-OH is 2. The predicted molar refractivity (Wildman–Crippen MR) is 111 cm³/mol. The Balaban J connectivity index is 1.86. The van der Waals surface area contributed by atoms with Gasteiger partial charge in [0.15, 0.2) is 0 Å². The number of hydrogen-bond acceptors (Lipinski definition) is 4. The van der Waals surface area contributed by atoms with Crippen molar-refractivity contribution in [3.05, 3.63) is 70.2 Å². The molecule has 0 spiro atoms. The molecule has 3 rings (SSSR count). The highest BCUT2D eigenvalue weighted by Crippen LogP contribution is 2.41. The van der Waals surface area contributed by atoms with Crippen LogP contribution >= 0.6 is 15.9 Å². The lowest BCUT2D eigenvalue weighted by molar-refractivity contribution is -0.0905. The number of carbonyl (C=O) groups excluding carboxylic acids is 1. The molecule has 0 aliphatic carbocycles. The van der Waals surface area contributed by atoms with E-state index in [0.29, 0.717) is 13.0 Å². The second-order valence-electron chi connectivity index (χ2n) is 7.19. The molecule has 1 saturated heterocycles. The average Bonchev–Trinajstić information content (AvgIpc) is 2.72. The van der Waals surface area contributed by atoms with E-state index < -0.39 is 17.8 Å². The Labute approximate surface area is 174 Å². The Morgan fingerprint density at radius 3 is 2.43 bits per heavy atom. The smallest absolute Gasteiger partial charge is 0.411 e. The fourth-order valence-electron chi connectivity index (χ4n) is 3.93. The van der Waals surface area contributed by atoms with E-state index in [1.807, 2.05) is 54.6 Å². The molecule has 2 unspecified atom stereocenters. The zero-order valence-electron chi connectivity index (χ0n) is 15.9. The van der Waals surface area contributed by atoms with Gasteiger partial charge in [0.05, 0.1) is 18.8 Å². The van der Waals surface area contributed by atoms with Crippen molar-refractivity contribution in [3.63, 3.8) is 0 Å². The molecule has 2 aromatic carbocycles. The van der Waals surface area contributed by atoms with Crippen LogP contribution in [0.4, 0.5) is 4.79 Å². The van der Waals surface area contributed by atoms with Gasteiger partial charge >= 0.3 is 6.09 Å². The number of ether oxygens (including phenoxy) is 1. The maximum atomic E-state index is 13.0. The Morgan fingerprint density at radius 2 is 1.86 bits per heavy atom. The zero-order chi connectivity index (χ0) is 20.1. The summed E-state index contributed by atoms with van der Waals surface area (Å²) in [6, 6.07) is 17.4. The normalized spacial score (nSPS) is 21.9. The first-order chi connectivity index (χ1) is 13.5. The molecule has 1 heterocycles. The number of amides is 1. The van der Waals surface area contributed by atoms with E-state index in [1.165, 1.54) is 0 Å². The third kappa shape index (κ3) is 4.40. The van der Waals surface area contributed by atoms with E-state index >= 15 is 0 Å². The molecule has 0 saturated carbocycles. The number of nitrogens with zero attached hydrogens (tertiary/aromatic N) is 1. The van der Waals surface area contributed by atoms with Crippen LogP contribution in [0.5, 0.6) is 0 Å². The molecule has 3 atom stereocenters. The van der Waals surface area contributed by atoms with Crippen molar-refractivity contribution in [1.29, 1.82) is 0 Å². The lowest BCUT2D eigenvalue weighted by atomic mass is 9.83. The Kier molecular flexibility index (Phi) is 6.75. The van der Waals surface area contributed by atoms with Crippen molar-refractivity contribution < 1.29 is 19.7 Å². The van der Waals surface area contributed by atoms with E-state index in [1.54, 1.807) is 4.90 Å². The standard InChI is InChI=1S/C22H26BrNO4/c1-2-20(16-8-10-18(23)11-9-16)24-13-12-22(28-21(24)27,14-19(26)15-25)17-6-4-3-5-7-17/h3-11,19-20,25-26H,2,12-15H2,1H3/t19?,20-,22?/m0/s1. The van der Waals surface area contributed by atoms with Crippen LogP contribution in [0.3, 0.4) is 0 Å². The molecule has 2 N–H and O–H groups in total. The highest BCUT2D eigenvalue weighted by Gasteiger charge is 2.45. The van der Waals surface area contributed by atoms with Gasteiger partial charge in [0, 0.05) is 23.9 Å². The maximum Gasteiger partial charge on any atom is 0.411 e. The van der Waals surface area contributed by atoms with Crippen LogP contribution in [0.1, 0.15) is 43.4 Å². The fraction of sp³-hybridized carbons (Fsp3) is 0.409. The molecule has 0 bridgehead atoms. The van der Waals surface area contributed by atoms with E-state index in [0.717, 1.165) is 22.0 Å². The number of rotatable bonds is 7. The number of aliphatic hydroxyl groups is 2. The highest BCUT2D eigenvalue weighted by molar-refractivity contribution is 9.10. The van der Waals surface area contributed by atoms with Crippen molar-refractivity contribution in [3.8, 4) is 0 Å². The van der Waals surface area contributed by atoms with Gasteiger partial charge in [-0.15, -0.1) is 0 Å². The second kappa shape index (κ2) is 9.07. The molecule has 6 heteroatoms. The fourth-order valence-corrected chi connectivity index (χ4v) is 4.19. The molecule has 1 amide bonds. The highest BCUT2D eigenvalue weighted by atomic mass is 79.9. The summed E-state index contributed by atoms with van der Waals surface area (Å²) < 4.78 is 6.97. The van der Waals surface area contributed by atoms with Crippen LogP contribution in [0.2, 0.25) is 0 Å². The molecular formula is C22H26BrNO4. The lowest BCUT2D eigenvalue weighted by Crippen LogP contribution is -2.50. The Hall–Kier alpha value is -1.89. The van der Waals surface area contributed by atoms with Gasteiger partial charge in [-0.1, -0.05) is 65.3 Å². The minimum Gasteiger partial charge on any atom is -0.438 e. The molecule has 150 valence electrons. The van der Waals surface area contributed by atoms with Crippen LogP contribution in [0, 0.1) is 0 Å². The monoisotopic (exact) mass is 447 g/mol. The van der Waals surface area contributed by atoms with Crippen LogP contribution < -0.4 is 0 Å². The number of hydrogen-bond donors (Lipinski definition) is 2. The number of cyclic esters (lactones) is 1. The Morgan fingerprint density at radius 1 is 1.18 bits per heavy atom. The van der Waals surface area contributed by atoms with Crippen LogP contribution in [0.25, 0.3) is 0 Å². The number of halogens is 1. The molecule has 1 aliphatic rings. The van der Waals surface area contributed by atoms with Crippen molar-refractivity contribution in [2.75, 3.05) is 13.2 Å². The molecular weight excluding hydrogens is 422 g/mol. The first-order valence-electron chi connectivity index (χ1n) is 9.58. The summed E-state index contributed by atoms with van der Waals surface area (Å²) in [5.74, 6) is 0. The largest absolute Gasteiger partial charge is 0.438 e. The number of carbonyl (C=O) groups is 1. The van der Waals surface area contributed by atoms with E-state index in [9.17, 15) is 15.0 Å². The van der Waals surface area contributed by atoms with E-state index in [-0.39, 0.29) is 19.1 Å². The minimum absolute atomic E-state index is 0.0721. The molecule has 0 radical (unpaired) electrons. The van der Waals surface area contributed by atoms with Crippen molar-refractivity contribution in [1.82, 2.24) is 4.90 Å². The molecule has 2 aromatic rings. The zero-order valence-corrected chi connectivity index (χ0v) is 17.5. The van der Waals surface area contributed by atoms with Gasteiger partial charge in [-0.25, -0.2) is 4.79 Å². The first kappa shape index (κ1) is 20.8. The molecule has 5 nitrogen and oxygen atoms in total. The van der Waals surface area contributed by atoms with Gasteiger partial charge < -0.3 is 19.8 Å². The summed E-state index contributed by atoms with van der Waals surface area (Å²) in [7, 11) is 0. The van der Waals surface area contributed by atoms with E-state index in [2.05, 4.69) is 22.9 Å². The van der Waals surface area contributed by atoms with Crippen LogP contribution in [-0.4, -0.2) is 40.5 Å². The molecule has 1 aliphatic heterocycles. The topological polar surface area (TPSA) is 70.0 Å². The quantitative estimate of drug-likeness (QED) is 0.660. The van der Waals surface area contributed by atoms with Crippen molar-refractivity contribution >= 4 is 22.0 Å². The average molecular weight is 448 g/mol. The van der Waals surface area contributed by atoms with Crippen molar-refractivity contribution in [2.24, 2.45) is 0 Å². The predicted octanol–water partition coefficient (Wildman–Crippen LogP) is 4.38. The van der Waals surface area contributed by atoms with Gasteiger partial charge in [-0.3, -0.25) is 0 Å². The first-order valence-corrected chi connectivity index (χ1v) is 10.4. The third-order valence-electron chi connectivity index (χ3n) is 5.37. The lowest BCUT2D eigenvalue weighted by Gasteiger charge is -2.44. The van der Waals surface area contributed by atoms with Gasteiger partial charge in [0.1, 0.15) is 5.60 Å². The molecule has 28 heavy (non-hydrogen) atoms. The van der Waals surface area contributed by atoms with Crippen LogP contribution in [0.15, 0.2) is 59.1 Å². The van der Waals surface area contributed by atoms with Crippen LogP contribution in [-0.2, 0) is 10.3 Å². The second-order valence-corrected chi connectivity index (χ2v) is 8.10. The summed E-state index contributed by atoms with van der Waals surface area (Å²) in [5.41, 5.74) is 0.965. The summed E-state index contributed by atoms with van der Waals surface area (Å²) >= 11 is 3.45. The molecule has 1 fully saturated rings. The van der Waals surface area contributed by atoms with Gasteiger partial charge in [-0.05, 0) is 29.7 Å². The maximum absolute atomic E-state index is 13.0. The van der Waals surface area contributed by atoms with E-state index in [4.69, 9.17) is 4.74 Å². The van der Waals surface area contributed by atoms with Gasteiger partial charge in [0.2, 0.25) is 0 Å². The summed E-state index contributed by atoms with van der Waals surface area (Å²) in [4.78, 5) is 14.8. The third-order valence-corrected chi connectivity index (χ3v) is 5.90. The molecule has 0 aromatic heterocycles. The summed E-state index contributed by atoms with van der Waals surface area (Å²) in [6.07, 6.45) is 0.145. The Bertz CT molecular complexity index is 783. The summed E-state index contributed by atoms with van der Waals surface area (Å²) in [5, 5.41) is 19.4. The van der Waals surface area contributed by atoms with Gasteiger partial charge in [-0.2, -0.15) is 0 Å². The van der Waals surface area contributed by atoms with Gasteiger partial charge in [0.25, 0.3) is 0 Å². The minimum atomic E-state index is -0.951. The number of benzene rings is 2. The SMILES string of the molecule is CC[C@@H](c1ccc(Br)cc1)N1CCC(CC(O)CO)(c2ccccc2)OC1=O. The van der Waals surface area contributed by atoms with Crippen molar-refractivity contribution in [2.45, 2.75) is 43.9 Å². The summed E-state index contributed by atoms with van der Waals surface area (Å²) in [6.45, 7) is 2.20.